The minimum atomic E-state index is -0.371. The predicted molar refractivity (Wildman–Crippen MR) is 73.5 cm³/mol. The van der Waals surface area contributed by atoms with Crippen LogP contribution >= 0.6 is 0 Å². The number of aliphatic imine (C=N–C) groups is 1. The number of fused-ring (bicyclic) bond motifs is 1. The Hall–Kier alpha value is -2.56. The minimum Gasteiger partial charge on any atom is -0.456 e. The molecule has 0 atom stereocenters. The first kappa shape index (κ1) is 13.9. The van der Waals surface area contributed by atoms with E-state index in [0.717, 1.165) is 0 Å². The van der Waals surface area contributed by atoms with Crippen LogP contribution in [0.4, 0.5) is 0 Å². The van der Waals surface area contributed by atoms with Gasteiger partial charge in [0, 0.05) is 18.2 Å². The van der Waals surface area contributed by atoms with Crippen molar-refractivity contribution in [2.75, 3.05) is 0 Å². The number of hydrogen-bond acceptors (Lipinski definition) is 5. The van der Waals surface area contributed by atoms with E-state index in [4.69, 9.17) is 4.42 Å². The van der Waals surface area contributed by atoms with Crippen molar-refractivity contribution in [3.63, 3.8) is 0 Å². The summed E-state index contributed by atoms with van der Waals surface area (Å²) in [5, 5.41) is 0. The van der Waals surface area contributed by atoms with Gasteiger partial charge in [-0.15, -0.1) is 0 Å². The summed E-state index contributed by atoms with van der Waals surface area (Å²) in [6.45, 7) is 6.19. The molecule has 5 heteroatoms. The van der Waals surface area contributed by atoms with E-state index in [1.165, 1.54) is 25.3 Å². The van der Waals surface area contributed by atoms with Gasteiger partial charge in [-0.2, -0.15) is 0 Å². The molecule has 102 valence electrons. The van der Waals surface area contributed by atoms with Gasteiger partial charge in [0.1, 0.15) is 5.76 Å². The smallest absolute Gasteiger partial charge is 0.225 e. The quantitative estimate of drug-likeness (QED) is 0.481. The Kier molecular flexibility index (Phi) is 3.61. The molecule has 0 spiro atoms. The largest absolute Gasteiger partial charge is 0.456 e. The van der Waals surface area contributed by atoms with E-state index >= 15 is 0 Å². The van der Waals surface area contributed by atoms with Gasteiger partial charge in [0.25, 0.3) is 0 Å². The summed E-state index contributed by atoms with van der Waals surface area (Å²) in [4.78, 5) is 39.5. The highest BCUT2D eigenvalue weighted by Gasteiger charge is 2.36. The van der Waals surface area contributed by atoms with Crippen LogP contribution in [-0.4, -0.2) is 24.1 Å². The van der Waals surface area contributed by atoms with Crippen LogP contribution in [0.1, 0.15) is 50.4 Å². The van der Waals surface area contributed by atoms with Crippen molar-refractivity contribution in [1.82, 2.24) is 0 Å². The molecule has 20 heavy (non-hydrogen) atoms. The fourth-order valence-electron chi connectivity index (χ4n) is 2.24. The summed E-state index contributed by atoms with van der Waals surface area (Å²) in [5.74, 6) is -0.683. The van der Waals surface area contributed by atoms with Gasteiger partial charge in [0.15, 0.2) is 17.3 Å². The van der Waals surface area contributed by atoms with Crippen molar-refractivity contribution in [2.24, 2.45) is 4.99 Å². The predicted octanol–water partition coefficient (Wildman–Crippen LogP) is 2.70. The molecular weight excluding hydrogens is 258 g/mol. The average molecular weight is 271 g/mol. The van der Waals surface area contributed by atoms with E-state index in [2.05, 4.69) is 11.7 Å². The van der Waals surface area contributed by atoms with Crippen molar-refractivity contribution in [3.8, 4) is 0 Å². The lowest BCUT2D eigenvalue weighted by molar-refractivity contribution is 0.0915. The second kappa shape index (κ2) is 5.21. The highest BCUT2D eigenvalue weighted by atomic mass is 16.3. The highest BCUT2D eigenvalue weighted by Crippen LogP contribution is 2.32. The molecule has 0 radical (unpaired) electrons. The standard InChI is InChI=1S/C15H13NO4/c1-8(17)12-9(2)20-15-13(12)11(18)7-10(14(15)19)5-4-6-16-3/h4-6H,3,7H2,1-2H3/b6-4-,10-5+. The van der Waals surface area contributed by atoms with Gasteiger partial charge in [-0.05, 0) is 26.6 Å². The Morgan fingerprint density at radius 1 is 1.40 bits per heavy atom. The number of carbonyl (C=O) groups excluding carboxylic acids is 3. The first-order valence-corrected chi connectivity index (χ1v) is 6.01. The molecule has 0 bridgehead atoms. The Labute approximate surface area is 115 Å². The van der Waals surface area contributed by atoms with E-state index in [-0.39, 0.29) is 40.7 Å². The van der Waals surface area contributed by atoms with Gasteiger partial charge in [0.05, 0.1) is 11.1 Å². The van der Waals surface area contributed by atoms with Crippen LogP contribution in [0.3, 0.4) is 0 Å². The van der Waals surface area contributed by atoms with Crippen LogP contribution in [-0.2, 0) is 0 Å². The van der Waals surface area contributed by atoms with Crippen molar-refractivity contribution in [2.45, 2.75) is 20.3 Å². The topological polar surface area (TPSA) is 76.7 Å². The SMILES string of the molecule is C=N/C=C\C=C1/CC(=O)c2c(oc(C)c2C(C)=O)C1=O. The molecule has 1 aliphatic carbocycles. The monoisotopic (exact) mass is 271 g/mol. The first-order valence-electron chi connectivity index (χ1n) is 6.01. The molecule has 0 aromatic carbocycles. The van der Waals surface area contributed by atoms with Gasteiger partial charge in [-0.3, -0.25) is 19.4 Å². The fraction of sp³-hybridized carbons (Fsp3) is 0.200. The maximum atomic E-state index is 12.2. The molecule has 1 heterocycles. The van der Waals surface area contributed by atoms with E-state index < -0.39 is 0 Å². The zero-order valence-corrected chi connectivity index (χ0v) is 11.2. The molecule has 0 saturated carbocycles. The first-order chi connectivity index (χ1) is 9.47. The number of allylic oxidation sites excluding steroid dienone is 3. The summed E-state index contributed by atoms with van der Waals surface area (Å²) in [6, 6.07) is 0. The van der Waals surface area contributed by atoms with E-state index in [1.54, 1.807) is 6.92 Å². The summed E-state index contributed by atoms with van der Waals surface area (Å²) < 4.78 is 5.33. The third-order valence-electron chi connectivity index (χ3n) is 3.05. The minimum absolute atomic E-state index is 0.0461. The second-order valence-corrected chi connectivity index (χ2v) is 4.44. The van der Waals surface area contributed by atoms with Crippen molar-refractivity contribution >= 4 is 24.1 Å². The molecule has 1 aliphatic rings. The zero-order chi connectivity index (χ0) is 14.9. The van der Waals surface area contributed by atoms with Gasteiger partial charge in [-0.25, -0.2) is 0 Å². The Morgan fingerprint density at radius 2 is 2.10 bits per heavy atom. The van der Waals surface area contributed by atoms with E-state index in [9.17, 15) is 14.4 Å². The number of hydrogen-bond donors (Lipinski definition) is 0. The lowest BCUT2D eigenvalue weighted by Gasteiger charge is -2.11. The number of carbonyl (C=O) groups is 3. The molecule has 0 fully saturated rings. The van der Waals surface area contributed by atoms with Crippen LogP contribution in [0, 0.1) is 6.92 Å². The number of rotatable bonds is 3. The molecule has 0 aliphatic heterocycles. The van der Waals surface area contributed by atoms with Gasteiger partial charge in [-0.1, -0.05) is 6.08 Å². The average Bonchev–Trinajstić information content (AvgIpc) is 2.74. The zero-order valence-electron chi connectivity index (χ0n) is 11.2. The molecule has 1 aromatic heterocycles. The summed E-state index contributed by atoms with van der Waals surface area (Å²) in [7, 11) is 0. The third kappa shape index (κ3) is 2.18. The summed E-state index contributed by atoms with van der Waals surface area (Å²) in [5.41, 5.74) is 0.634. The van der Waals surface area contributed by atoms with Crippen LogP contribution in [0.2, 0.25) is 0 Å². The summed E-state index contributed by atoms with van der Waals surface area (Å²) >= 11 is 0. The Balaban J connectivity index is 2.56. The van der Waals surface area contributed by atoms with Gasteiger partial charge >= 0.3 is 0 Å². The number of nitrogens with zero attached hydrogens (tertiary/aromatic N) is 1. The number of aryl methyl sites for hydroxylation is 1. The molecule has 5 nitrogen and oxygen atoms in total. The molecule has 0 amide bonds. The van der Waals surface area contributed by atoms with E-state index in [1.807, 2.05) is 0 Å². The van der Waals surface area contributed by atoms with Gasteiger partial charge < -0.3 is 4.42 Å². The maximum Gasteiger partial charge on any atom is 0.225 e. The number of Topliss-reactive ketones (excluding diaryl/α,β-unsaturated/α-hetero) is 3. The molecular formula is C15H13NO4. The lowest BCUT2D eigenvalue weighted by atomic mass is 9.87. The molecule has 0 saturated heterocycles. The van der Waals surface area contributed by atoms with E-state index in [0.29, 0.717) is 11.3 Å². The normalized spacial score (nSPS) is 16.8. The van der Waals surface area contributed by atoms with Crippen LogP contribution < -0.4 is 0 Å². The van der Waals surface area contributed by atoms with Crippen molar-refractivity contribution < 1.29 is 18.8 Å². The van der Waals surface area contributed by atoms with Crippen LogP contribution in [0.15, 0.2) is 33.3 Å². The van der Waals surface area contributed by atoms with Crippen LogP contribution in [0.5, 0.6) is 0 Å². The lowest BCUT2D eigenvalue weighted by Crippen LogP contribution is -2.20. The van der Waals surface area contributed by atoms with Crippen LogP contribution in [0.25, 0.3) is 0 Å². The Bertz CT molecular complexity index is 689. The number of furan rings is 1. The molecule has 0 N–H and O–H groups in total. The number of ketones is 3. The Morgan fingerprint density at radius 3 is 2.70 bits per heavy atom. The second-order valence-electron chi connectivity index (χ2n) is 4.44. The molecule has 2 rings (SSSR count). The maximum absolute atomic E-state index is 12.2. The fourth-order valence-corrected chi connectivity index (χ4v) is 2.24. The molecule has 1 aromatic rings. The summed E-state index contributed by atoms with van der Waals surface area (Å²) in [6.07, 6.45) is 4.39. The highest BCUT2D eigenvalue weighted by molar-refractivity contribution is 6.24. The van der Waals surface area contributed by atoms with Crippen molar-refractivity contribution in [3.05, 3.63) is 46.6 Å². The van der Waals surface area contributed by atoms with Gasteiger partial charge in [0.2, 0.25) is 5.78 Å². The van der Waals surface area contributed by atoms with Crippen molar-refractivity contribution in [1.29, 1.82) is 0 Å². The molecule has 0 unspecified atom stereocenters. The third-order valence-corrected chi connectivity index (χ3v) is 3.05.